The molecule has 0 aromatic heterocycles. The maximum atomic E-state index is 12.9. The van der Waals surface area contributed by atoms with E-state index >= 15 is 0 Å². The molecule has 3 rings (SSSR count). The number of piperazine rings is 1. The molecule has 0 saturated carbocycles. The Balaban J connectivity index is 1.96. The molecule has 0 aliphatic carbocycles. The van der Waals surface area contributed by atoms with E-state index in [1.807, 2.05) is 12.1 Å². The predicted molar refractivity (Wildman–Crippen MR) is 113 cm³/mol. The van der Waals surface area contributed by atoms with Crippen LogP contribution in [0.2, 0.25) is 5.02 Å². The summed E-state index contributed by atoms with van der Waals surface area (Å²) >= 11 is 6.02. The largest absolute Gasteiger partial charge is 0.463 e. The van der Waals surface area contributed by atoms with Gasteiger partial charge in [-0.1, -0.05) is 30.7 Å². The Kier molecular flexibility index (Phi) is 7.16. The number of esters is 1. The van der Waals surface area contributed by atoms with E-state index in [2.05, 4.69) is 22.0 Å². The second-order valence-corrected chi connectivity index (χ2v) is 7.72. The van der Waals surface area contributed by atoms with Crippen molar-refractivity contribution >= 4 is 23.6 Å². The maximum absolute atomic E-state index is 12.9. The summed E-state index contributed by atoms with van der Waals surface area (Å²) in [5, 5.41) is 3.53. The van der Waals surface area contributed by atoms with Gasteiger partial charge in [0.25, 0.3) is 0 Å². The number of carbonyl (C=O) groups excluding carboxylic acids is 2. The van der Waals surface area contributed by atoms with Crippen molar-refractivity contribution in [2.24, 2.45) is 0 Å². The molecule has 1 N–H and O–H groups in total. The number of likely N-dealkylation sites (N-methyl/N-ethyl adjacent to an activating group) is 2. The Morgan fingerprint density at radius 2 is 1.76 bits per heavy atom. The minimum atomic E-state index is -0.568. The van der Waals surface area contributed by atoms with Gasteiger partial charge in [0.1, 0.15) is 0 Å². The van der Waals surface area contributed by atoms with Crippen molar-refractivity contribution < 1.29 is 14.3 Å². The van der Waals surface area contributed by atoms with Crippen molar-refractivity contribution in [3.05, 3.63) is 46.1 Å². The number of hydrogen-bond acceptors (Lipinski definition) is 5. The Morgan fingerprint density at radius 1 is 1.14 bits per heavy atom. The number of benzene rings is 1. The van der Waals surface area contributed by atoms with Gasteiger partial charge in [-0.25, -0.2) is 9.59 Å². The summed E-state index contributed by atoms with van der Waals surface area (Å²) in [7, 11) is 1.70. The highest BCUT2D eigenvalue weighted by Gasteiger charge is 2.37. The predicted octanol–water partition coefficient (Wildman–Crippen LogP) is 2.49. The molecule has 1 aromatic rings. The van der Waals surface area contributed by atoms with E-state index < -0.39 is 12.0 Å². The van der Waals surface area contributed by atoms with Crippen LogP contribution in [-0.2, 0) is 9.53 Å². The second-order valence-electron chi connectivity index (χ2n) is 7.28. The molecular formula is C21H29ClN4O3. The molecule has 8 heteroatoms. The number of amides is 2. The fourth-order valence-corrected chi connectivity index (χ4v) is 3.90. The van der Waals surface area contributed by atoms with E-state index in [0.717, 1.165) is 38.3 Å². The average molecular weight is 421 g/mol. The molecule has 1 fully saturated rings. The third-order valence-corrected chi connectivity index (χ3v) is 5.81. The van der Waals surface area contributed by atoms with Crippen LogP contribution in [0.25, 0.3) is 0 Å². The zero-order valence-electron chi connectivity index (χ0n) is 17.3. The Bertz CT molecular complexity index is 773. The number of rotatable bonds is 6. The molecule has 7 nitrogen and oxygen atoms in total. The first kappa shape index (κ1) is 21.6. The van der Waals surface area contributed by atoms with Gasteiger partial charge in [0, 0.05) is 50.5 Å². The Labute approximate surface area is 177 Å². The molecule has 1 atom stereocenters. The van der Waals surface area contributed by atoms with Gasteiger partial charge in [0.05, 0.1) is 18.2 Å². The van der Waals surface area contributed by atoms with Gasteiger partial charge in [0.2, 0.25) is 0 Å². The van der Waals surface area contributed by atoms with Crippen molar-refractivity contribution in [2.75, 3.05) is 52.9 Å². The third-order valence-electron chi connectivity index (χ3n) is 5.56. The van der Waals surface area contributed by atoms with Crippen LogP contribution < -0.4 is 5.32 Å². The standard InChI is InChI=1S/C21H29ClN4O3/c1-4-25-10-12-26(13-11-25)14-17-18(20(27)29-5-2)19(23-21(28)24(17)3)15-6-8-16(22)9-7-15/h6-9,19H,4-5,10-14H2,1-3H3,(H,23,28). The van der Waals surface area contributed by atoms with Gasteiger partial charge >= 0.3 is 12.0 Å². The fraction of sp³-hybridized carbons (Fsp3) is 0.524. The first-order valence-corrected chi connectivity index (χ1v) is 10.5. The Hall–Kier alpha value is -2.09. The molecule has 2 aliphatic heterocycles. The molecule has 0 spiro atoms. The summed E-state index contributed by atoms with van der Waals surface area (Å²) in [5.41, 5.74) is 1.97. The second kappa shape index (κ2) is 9.61. The van der Waals surface area contributed by atoms with E-state index in [1.165, 1.54) is 4.90 Å². The number of carbonyl (C=O) groups is 2. The fourth-order valence-electron chi connectivity index (χ4n) is 3.78. The third kappa shape index (κ3) is 4.91. The van der Waals surface area contributed by atoms with Crippen LogP contribution in [0.1, 0.15) is 25.5 Å². The molecule has 2 aliphatic rings. The summed E-state index contributed by atoms with van der Waals surface area (Å²) in [6, 6.07) is 6.37. The molecular weight excluding hydrogens is 392 g/mol. The molecule has 158 valence electrons. The average Bonchev–Trinajstić information content (AvgIpc) is 2.72. The lowest BCUT2D eigenvalue weighted by Crippen LogP contribution is -2.52. The van der Waals surface area contributed by atoms with Crippen LogP contribution >= 0.6 is 11.6 Å². The molecule has 0 bridgehead atoms. The van der Waals surface area contributed by atoms with Crippen LogP contribution in [0, 0.1) is 0 Å². The highest BCUT2D eigenvalue weighted by Crippen LogP contribution is 2.32. The highest BCUT2D eigenvalue weighted by molar-refractivity contribution is 6.30. The lowest BCUT2D eigenvalue weighted by Gasteiger charge is -2.39. The van der Waals surface area contributed by atoms with Crippen LogP contribution in [-0.4, -0.2) is 79.6 Å². The molecule has 29 heavy (non-hydrogen) atoms. The maximum Gasteiger partial charge on any atom is 0.338 e. The zero-order chi connectivity index (χ0) is 21.0. The molecule has 1 unspecified atom stereocenters. The van der Waals surface area contributed by atoms with Gasteiger partial charge < -0.3 is 15.0 Å². The van der Waals surface area contributed by atoms with Crippen molar-refractivity contribution in [3.63, 3.8) is 0 Å². The first-order chi connectivity index (χ1) is 13.9. The number of halogens is 1. The lowest BCUT2D eigenvalue weighted by atomic mass is 9.94. The van der Waals surface area contributed by atoms with E-state index in [9.17, 15) is 9.59 Å². The Morgan fingerprint density at radius 3 is 2.34 bits per heavy atom. The summed E-state index contributed by atoms with van der Waals surface area (Å²) in [4.78, 5) is 31.9. The van der Waals surface area contributed by atoms with E-state index in [0.29, 0.717) is 22.8 Å². The van der Waals surface area contributed by atoms with E-state index in [-0.39, 0.29) is 12.6 Å². The minimum Gasteiger partial charge on any atom is -0.463 e. The van der Waals surface area contributed by atoms with Crippen molar-refractivity contribution in [1.29, 1.82) is 0 Å². The molecule has 2 heterocycles. The monoisotopic (exact) mass is 420 g/mol. The molecule has 0 radical (unpaired) electrons. The van der Waals surface area contributed by atoms with Gasteiger partial charge in [-0.05, 0) is 31.2 Å². The number of nitrogens with one attached hydrogen (secondary N) is 1. The number of hydrogen-bond donors (Lipinski definition) is 1. The van der Waals surface area contributed by atoms with Crippen LogP contribution in [0.4, 0.5) is 4.79 Å². The summed E-state index contributed by atoms with van der Waals surface area (Å²) in [6.45, 7) is 9.53. The quantitative estimate of drug-likeness (QED) is 0.716. The number of urea groups is 1. The topological polar surface area (TPSA) is 65.1 Å². The van der Waals surface area contributed by atoms with E-state index in [4.69, 9.17) is 16.3 Å². The number of nitrogens with zero attached hydrogens (tertiary/aromatic N) is 3. The summed E-state index contributed by atoms with van der Waals surface area (Å²) < 4.78 is 5.37. The SMILES string of the molecule is CCOC(=O)C1=C(CN2CCN(CC)CC2)N(C)C(=O)NC1c1ccc(Cl)cc1. The van der Waals surface area contributed by atoms with Gasteiger partial charge in [-0.2, -0.15) is 0 Å². The minimum absolute atomic E-state index is 0.236. The molecule has 1 aromatic carbocycles. The van der Waals surface area contributed by atoms with Crippen LogP contribution in [0.3, 0.4) is 0 Å². The van der Waals surface area contributed by atoms with Gasteiger partial charge in [-0.3, -0.25) is 9.80 Å². The number of ether oxygens (including phenoxy) is 1. The zero-order valence-corrected chi connectivity index (χ0v) is 18.0. The van der Waals surface area contributed by atoms with Gasteiger partial charge in [0.15, 0.2) is 0 Å². The van der Waals surface area contributed by atoms with Crippen molar-refractivity contribution in [2.45, 2.75) is 19.9 Å². The molecule has 2 amide bonds. The van der Waals surface area contributed by atoms with Crippen LogP contribution in [0.5, 0.6) is 0 Å². The normalized spacial score (nSPS) is 21.3. The van der Waals surface area contributed by atoms with Crippen LogP contribution in [0.15, 0.2) is 35.5 Å². The summed E-state index contributed by atoms with van der Waals surface area (Å²) in [6.07, 6.45) is 0. The molecule has 1 saturated heterocycles. The van der Waals surface area contributed by atoms with Crippen molar-refractivity contribution in [1.82, 2.24) is 20.0 Å². The van der Waals surface area contributed by atoms with Crippen molar-refractivity contribution in [3.8, 4) is 0 Å². The van der Waals surface area contributed by atoms with E-state index in [1.54, 1.807) is 26.1 Å². The highest BCUT2D eigenvalue weighted by atomic mass is 35.5. The smallest absolute Gasteiger partial charge is 0.338 e. The lowest BCUT2D eigenvalue weighted by molar-refractivity contribution is -0.139. The van der Waals surface area contributed by atoms with Gasteiger partial charge in [-0.15, -0.1) is 0 Å². The summed E-state index contributed by atoms with van der Waals surface area (Å²) in [5.74, 6) is -0.401. The first-order valence-electron chi connectivity index (χ1n) is 10.1.